The van der Waals surface area contributed by atoms with Crippen molar-refractivity contribution in [2.45, 2.75) is 56.0 Å². The lowest BCUT2D eigenvalue weighted by molar-refractivity contribution is -0.255. The molecule has 2 heterocycles. The predicted molar refractivity (Wildman–Crippen MR) is 163 cm³/mol. The Morgan fingerprint density at radius 2 is 1.09 bits per heavy atom. The second-order valence-corrected chi connectivity index (χ2v) is 12.4. The largest absolute Gasteiger partial charge is 0.744 e. The Kier molecular flexibility index (Phi) is 9.18. The smallest absolute Gasteiger partial charge is 0.199 e. The summed E-state index contributed by atoms with van der Waals surface area (Å²) in [7, 11) is -4.98. The van der Waals surface area contributed by atoms with Crippen molar-refractivity contribution in [3.63, 3.8) is 0 Å². The van der Waals surface area contributed by atoms with Crippen LogP contribution in [-0.2, 0) is 19.6 Å². The van der Waals surface area contributed by atoms with Gasteiger partial charge in [0.25, 0.3) is 0 Å². The maximum Gasteiger partial charge on any atom is 0.199 e. The van der Waals surface area contributed by atoms with Gasteiger partial charge >= 0.3 is 0 Å². The van der Waals surface area contributed by atoms with Gasteiger partial charge in [-0.25, -0.2) is 8.42 Å². The van der Waals surface area contributed by atoms with Crippen molar-refractivity contribution >= 4 is 16.1 Å². The molecule has 0 bridgehead atoms. The third-order valence-corrected chi connectivity index (χ3v) is 8.87. The third kappa shape index (κ3) is 7.37. The van der Waals surface area contributed by atoms with E-state index < -0.39 is 16.1 Å². The number of aromatic carboxylic acids is 1. The van der Waals surface area contributed by atoms with E-state index in [9.17, 15) is 22.9 Å². The summed E-state index contributed by atoms with van der Waals surface area (Å²) < 4.78 is 62.0. The van der Waals surface area contributed by atoms with E-state index in [1.54, 1.807) is 72.8 Å². The van der Waals surface area contributed by atoms with Crippen LogP contribution in [0.4, 0.5) is 0 Å². The Morgan fingerprint density at radius 3 is 1.47 bits per heavy atom. The van der Waals surface area contributed by atoms with Crippen molar-refractivity contribution < 1.29 is 41.8 Å². The minimum Gasteiger partial charge on any atom is -0.744 e. The molecule has 0 amide bonds. The molecule has 0 N–H and O–H groups in total. The molecular formula is C35H32O9S-2. The van der Waals surface area contributed by atoms with Gasteiger partial charge in [0, 0.05) is 24.0 Å². The van der Waals surface area contributed by atoms with Gasteiger partial charge in [-0.1, -0.05) is 48.5 Å². The summed E-state index contributed by atoms with van der Waals surface area (Å²) >= 11 is 0. The minimum atomic E-state index is -4.98. The van der Waals surface area contributed by atoms with Gasteiger partial charge in [0.05, 0.1) is 24.1 Å². The summed E-state index contributed by atoms with van der Waals surface area (Å²) in [6, 6.07) is 23.0. The molecule has 0 radical (unpaired) electrons. The van der Waals surface area contributed by atoms with Crippen LogP contribution < -0.4 is 14.6 Å². The lowest BCUT2D eigenvalue weighted by Gasteiger charge is -2.24. The molecule has 2 saturated heterocycles. The van der Waals surface area contributed by atoms with Crippen molar-refractivity contribution in [3.05, 3.63) is 90.5 Å². The molecule has 2 aliphatic heterocycles. The normalized spacial score (nSPS) is 18.7. The topological polar surface area (TPSA) is 134 Å². The standard InChI is InChI=1S/C35H34O9S/c36-35(37)26-9-7-23(8-10-26)27-21-30(24-11-15-28(16-12-24)43-32-5-1-3-19-41-32)34(45(38,39)40)31(22-27)25-13-17-29(18-14-25)44-33-6-2-4-20-42-33/h7-18,21-22,32-33H,1-6,19-20H2,(H,36,37)(H,38,39,40)/p-2. The van der Waals surface area contributed by atoms with Crippen molar-refractivity contribution in [1.29, 1.82) is 0 Å². The molecule has 0 aliphatic carbocycles. The molecule has 2 unspecified atom stereocenters. The molecule has 0 saturated carbocycles. The highest BCUT2D eigenvalue weighted by Gasteiger charge is 2.22. The van der Waals surface area contributed by atoms with E-state index in [4.69, 9.17) is 18.9 Å². The van der Waals surface area contributed by atoms with Crippen LogP contribution in [0, 0.1) is 0 Å². The molecule has 2 aliphatic rings. The van der Waals surface area contributed by atoms with Gasteiger partial charge < -0.3 is 33.4 Å². The van der Waals surface area contributed by atoms with E-state index in [0.717, 1.165) is 38.5 Å². The maximum atomic E-state index is 12.9. The first-order valence-electron chi connectivity index (χ1n) is 15.0. The van der Waals surface area contributed by atoms with Gasteiger partial charge in [-0.05, 0) is 89.9 Å². The lowest BCUT2D eigenvalue weighted by atomic mass is 9.92. The first-order chi connectivity index (χ1) is 21.7. The second-order valence-electron chi connectivity index (χ2n) is 11.1. The Morgan fingerprint density at radius 1 is 0.644 bits per heavy atom. The molecule has 4 aromatic rings. The van der Waals surface area contributed by atoms with Crippen LogP contribution in [0.2, 0.25) is 0 Å². The number of hydrogen-bond acceptors (Lipinski definition) is 9. The summed E-state index contributed by atoms with van der Waals surface area (Å²) in [5.41, 5.74) is 2.62. The SMILES string of the molecule is O=C([O-])c1ccc(-c2cc(-c3ccc(OC4CCCCO4)cc3)c(S(=O)(=O)[O-])c(-c3ccc(OC4CCCCO4)cc3)c2)cc1. The Bertz CT molecular complexity index is 1650. The number of hydrogen-bond donors (Lipinski definition) is 0. The van der Waals surface area contributed by atoms with Crippen LogP contribution in [0.1, 0.15) is 48.9 Å². The minimum absolute atomic E-state index is 0.00743. The van der Waals surface area contributed by atoms with E-state index >= 15 is 0 Å². The summed E-state index contributed by atoms with van der Waals surface area (Å²) in [6.07, 6.45) is 4.85. The van der Waals surface area contributed by atoms with Gasteiger partial charge in [-0.15, -0.1) is 0 Å². The summed E-state index contributed by atoms with van der Waals surface area (Å²) in [4.78, 5) is 11.0. The monoisotopic (exact) mass is 628 g/mol. The molecule has 0 spiro atoms. The van der Waals surface area contributed by atoms with Crippen LogP contribution in [0.5, 0.6) is 11.5 Å². The fraction of sp³-hybridized carbons (Fsp3) is 0.286. The van der Waals surface area contributed by atoms with Crippen molar-refractivity contribution in [2.24, 2.45) is 0 Å². The number of carboxylic acid groups (broad SMARTS) is 1. The van der Waals surface area contributed by atoms with Crippen LogP contribution in [0.25, 0.3) is 33.4 Å². The summed E-state index contributed by atoms with van der Waals surface area (Å²) in [5, 5.41) is 11.3. The molecule has 4 aromatic carbocycles. The number of carbonyl (C=O) groups is 1. The number of ether oxygens (including phenoxy) is 4. The van der Waals surface area contributed by atoms with E-state index in [1.807, 2.05) is 0 Å². The van der Waals surface area contributed by atoms with Gasteiger partial charge in [-0.3, -0.25) is 0 Å². The molecule has 45 heavy (non-hydrogen) atoms. The molecule has 9 nitrogen and oxygen atoms in total. The number of carboxylic acids is 1. The molecule has 2 atom stereocenters. The highest BCUT2D eigenvalue weighted by atomic mass is 32.2. The zero-order chi connectivity index (χ0) is 31.4. The highest BCUT2D eigenvalue weighted by molar-refractivity contribution is 7.86. The number of carbonyl (C=O) groups excluding carboxylic acids is 1. The fourth-order valence-corrected chi connectivity index (χ4v) is 6.52. The highest BCUT2D eigenvalue weighted by Crippen LogP contribution is 2.41. The van der Waals surface area contributed by atoms with E-state index in [2.05, 4.69) is 0 Å². The second kappa shape index (κ2) is 13.4. The van der Waals surface area contributed by atoms with E-state index in [0.29, 0.717) is 47.0 Å². The van der Waals surface area contributed by atoms with Crippen LogP contribution >= 0.6 is 0 Å². The maximum absolute atomic E-state index is 12.9. The number of benzene rings is 4. The van der Waals surface area contributed by atoms with Crippen molar-refractivity contribution in [2.75, 3.05) is 13.2 Å². The first-order valence-corrected chi connectivity index (χ1v) is 16.4. The molecule has 0 aromatic heterocycles. The predicted octanol–water partition coefficient (Wildman–Crippen LogP) is 5.77. The van der Waals surface area contributed by atoms with Crippen molar-refractivity contribution in [3.8, 4) is 44.9 Å². The molecule has 10 heteroatoms. The van der Waals surface area contributed by atoms with Crippen molar-refractivity contribution in [1.82, 2.24) is 0 Å². The quantitative estimate of drug-likeness (QED) is 0.212. The molecule has 6 rings (SSSR count). The summed E-state index contributed by atoms with van der Waals surface area (Å²) in [6.45, 7) is 1.27. The average molecular weight is 629 g/mol. The van der Waals surface area contributed by atoms with Crippen LogP contribution in [0.3, 0.4) is 0 Å². The Labute approximate surface area is 262 Å². The average Bonchev–Trinajstić information content (AvgIpc) is 3.05. The first kappa shape index (κ1) is 30.8. The molecule has 2 fully saturated rings. The van der Waals surface area contributed by atoms with Crippen LogP contribution in [-0.4, -0.2) is 44.7 Å². The molecular weight excluding hydrogens is 596 g/mol. The van der Waals surface area contributed by atoms with Crippen LogP contribution in [0.15, 0.2) is 89.8 Å². The third-order valence-electron chi connectivity index (χ3n) is 7.93. The van der Waals surface area contributed by atoms with Gasteiger partial charge in [0.2, 0.25) is 0 Å². The Balaban J connectivity index is 1.43. The van der Waals surface area contributed by atoms with Gasteiger partial charge in [0.1, 0.15) is 21.6 Å². The zero-order valence-corrected chi connectivity index (χ0v) is 25.3. The van der Waals surface area contributed by atoms with Gasteiger partial charge in [0.15, 0.2) is 12.6 Å². The molecule has 234 valence electrons. The fourth-order valence-electron chi connectivity index (χ4n) is 5.63. The lowest BCUT2D eigenvalue weighted by Crippen LogP contribution is -2.24. The van der Waals surface area contributed by atoms with E-state index in [-0.39, 0.29) is 34.2 Å². The zero-order valence-electron chi connectivity index (χ0n) is 24.5. The Hall–Kier alpha value is -4.22. The van der Waals surface area contributed by atoms with Gasteiger partial charge in [-0.2, -0.15) is 0 Å². The summed E-state index contributed by atoms with van der Waals surface area (Å²) in [5.74, 6) is -0.189. The number of rotatable bonds is 9. The van der Waals surface area contributed by atoms with E-state index in [1.165, 1.54) is 12.1 Å².